The molecule has 16 heavy (non-hydrogen) atoms. The van der Waals surface area contributed by atoms with E-state index in [0.717, 1.165) is 18.3 Å². The molecule has 0 bridgehead atoms. The Kier molecular flexibility index (Phi) is 4.26. The molecule has 0 spiro atoms. The molecule has 4 unspecified atom stereocenters. The third kappa shape index (κ3) is 2.60. The van der Waals surface area contributed by atoms with E-state index in [-0.39, 0.29) is 12.1 Å². The number of hydrogen-bond acceptors (Lipinski definition) is 2. The molecular weight excluding hydrogens is 196 g/mol. The van der Waals surface area contributed by atoms with E-state index in [1.807, 2.05) is 0 Å². The van der Waals surface area contributed by atoms with Crippen molar-refractivity contribution in [2.24, 2.45) is 29.2 Å². The molecule has 2 fully saturated rings. The van der Waals surface area contributed by atoms with Crippen molar-refractivity contribution < 1.29 is 0 Å². The van der Waals surface area contributed by atoms with Gasteiger partial charge in [-0.25, -0.2) is 0 Å². The highest BCUT2D eigenvalue weighted by Crippen LogP contribution is 2.38. The summed E-state index contributed by atoms with van der Waals surface area (Å²) in [5.41, 5.74) is 12.4. The standard InChI is InChI=1S/C14H28N2/c1-10(11-6-3-2-4-7-11)12-8-5-9-13(15)14(12)16/h10-14H,2-9,15-16H2,1H3. The summed E-state index contributed by atoms with van der Waals surface area (Å²) in [6.07, 6.45) is 10.9. The monoisotopic (exact) mass is 224 g/mol. The predicted molar refractivity (Wildman–Crippen MR) is 69.0 cm³/mol. The molecule has 0 saturated heterocycles. The van der Waals surface area contributed by atoms with E-state index < -0.39 is 0 Å². The van der Waals surface area contributed by atoms with Gasteiger partial charge in [0.1, 0.15) is 0 Å². The van der Waals surface area contributed by atoms with Crippen molar-refractivity contribution in [2.45, 2.75) is 70.4 Å². The largest absolute Gasteiger partial charge is 0.326 e. The van der Waals surface area contributed by atoms with E-state index in [0.29, 0.717) is 5.92 Å². The summed E-state index contributed by atoms with van der Waals surface area (Å²) in [7, 11) is 0. The first-order chi connectivity index (χ1) is 7.70. The molecule has 2 saturated carbocycles. The maximum atomic E-state index is 6.31. The van der Waals surface area contributed by atoms with Gasteiger partial charge in [0.25, 0.3) is 0 Å². The molecule has 2 rings (SSSR count). The van der Waals surface area contributed by atoms with Crippen LogP contribution < -0.4 is 11.5 Å². The van der Waals surface area contributed by atoms with Gasteiger partial charge in [-0.1, -0.05) is 45.4 Å². The second-order valence-electron chi connectivity index (χ2n) is 6.09. The van der Waals surface area contributed by atoms with E-state index in [2.05, 4.69) is 6.92 Å². The van der Waals surface area contributed by atoms with Gasteiger partial charge in [0, 0.05) is 12.1 Å². The van der Waals surface area contributed by atoms with Crippen LogP contribution in [0, 0.1) is 17.8 Å². The minimum atomic E-state index is 0.254. The fourth-order valence-corrected chi connectivity index (χ4v) is 3.91. The van der Waals surface area contributed by atoms with Crippen LogP contribution in [0.1, 0.15) is 58.3 Å². The first-order valence-corrected chi connectivity index (χ1v) is 7.21. The highest BCUT2D eigenvalue weighted by Gasteiger charge is 2.35. The van der Waals surface area contributed by atoms with Gasteiger partial charge in [-0.05, 0) is 30.6 Å². The lowest BCUT2D eigenvalue weighted by Gasteiger charge is -2.41. The fourth-order valence-electron chi connectivity index (χ4n) is 3.91. The summed E-state index contributed by atoms with van der Waals surface area (Å²) in [4.78, 5) is 0. The van der Waals surface area contributed by atoms with Crippen LogP contribution in [0.15, 0.2) is 0 Å². The Morgan fingerprint density at radius 1 is 0.875 bits per heavy atom. The first-order valence-electron chi connectivity index (χ1n) is 7.21. The van der Waals surface area contributed by atoms with Gasteiger partial charge in [0.15, 0.2) is 0 Å². The molecule has 4 N–H and O–H groups in total. The lowest BCUT2D eigenvalue weighted by atomic mass is 9.68. The third-order valence-electron chi connectivity index (χ3n) is 5.13. The Bertz CT molecular complexity index is 211. The molecule has 0 aromatic rings. The summed E-state index contributed by atoms with van der Waals surface area (Å²) in [6.45, 7) is 2.43. The van der Waals surface area contributed by atoms with Crippen molar-refractivity contribution in [3.8, 4) is 0 Å². The van der Waals surface area contributed by atoms with Crippen LogP contribution in [0.4, 0.5) is 0 Å². The topological polar surface area (TPSA) is 52.0 Å². The molecule has 2 aliphatic carbocycles. The summed E-state index contributed by atoms with van der Waals surface area (Å²) in [6, 6.07) is 0.510. The maximum Gasteiger partial charge on any atom is 0.0223 e. The lowest BCUT2D eigenvalue weighted by Crippen LogP contribution is -2.52. The van der Waals surface area contributed by atoms with Crippen molar-refractivity contribution in [1.82, 2.24) is 0 Å². The van der Waals surface area contributed by atoms with Crippen LogP contribution in [-0.4, -0.2) is 12.1 Å². The molecule has 0 aromatic heterocycles. The molecule has 2 nitrogen and oxygen atoms in total. The van der Waals surface area contributed by atoms with Gasteiger partial charge in [-0.3, -0.25) is 0 Å². The van der Waals surface area contributed by atoms with Crippen LogP contribution in [0.3, 0.4) is 0 Å². The normalized spacial score (nSPS) is 39.6. The van der Waals surface area contributed by atoms with E-state index in [4.69, 9.17) is 11.5 Å². The Hall–Kier alpha value is -0.0800. The second kappa shape index (κ2) is 5.50. The zero-order chi connectivity index (χ0) is 11.5. The van der Waals surface area contributed by atoms with Gasteiger partial charge in [-0.15, -0.1) is 0 Å². The van der Waals surface area contributed by atoms with Crippen LogP contribution in [-0.2, 0) is 0 Å². The molecule has 0 aromatic carbocycles. The Morgan fingerprint density at radius 3 is 2.25 bits per heavy atom. The Morgan fingerprint density at radius 2 is 1.56 bits per heavy atom. The summed E-state index contributed by atoms with van der Waals surface area (Å²) in [5, 5.41) is 0. The van der Waals surface area contributed by atoms with Gasteiger partial charge in [0.2, 0.25) is 0 Å². The molecular formula is C14H28N2. The summed E-state index contributed by atoms with van der Waals surface area (Å²) >= 11 is 0. The molecule has 2 aliphatic rings. The quantitative estimate of drug-likeness (QED) is 0.757. The number of rotatable bonds is 2. The zero-order valence-corrected chi connectivity index (χ0v) is 10.7. The lowest BCUT2D eigenvalue weighted by molar-refractivity contribution is 0.131. The molecule has 94 valence electrons. The molecule has 0 heterocycles. The minimum Gasteiger partial charge on any atom is -0.326 e. The average Bonchev–Trinajstić information content (AvgIpc) is 2.33. The minimum absolute atomic E-state index is 0.254. The average molecular weight is 224 g/mol. The van der Waals surface area contributed by atoms with Crippen molar-refractivity contribution >= 4 is 0 Å². The maximum absolute atomic E-state index is 6.31. The molecule has 2 heteroatoms. The van der Waals surface area contributed by atoms with Crippen LogP contribution in [0.5, 0.6) is 0 Å². The number of hydrogen-bond donors (Lipinski definition) is 2. The first kappa shape index (κ1) is 12.4. The van der Waals surface area contributed by atoms with Crippen molar-refractivity contribution in [2.75, 3.05) is 0 Å². The number of nitrogens with two attached hydrogens (primary N) is 2. The third-order valence-corrected chi connectivity index (χ3v) is 5.13. The van der Waals surface area contributed by atoms with Crippen LogP contribution in [0.2, 0.25) is 0 Å². The Balaban J connectivity index is 1.93. The van der Waals surface area contributed by atoms with Crippen LogP contribution >= 0.6 is 0 Å². The van der Waals surface area contributed by atoms with Gasteiger partial charge >= 0.3 is 0 Å². The smallest absolute Gasteiger partial charge is 0.0223 e. The van der Waals surface area contributed by atoms with Crippen molar-refractivity contribution in [3.05, 3.63) is 0 Å². The summed E-state index contributed by atoms with van der Waals surface area (Å²) in [5.74, 6) is 2.41. The molecule has 0 amide bonds. The molecule has 0 aliphatic heterocycles. The predicted octanol–water partition coefficient (Wildman–Crippen LogP) is 2.66. The SMILES string of the molecule is CC(C1CCCCC1)C1CCCC(N)C1N. The highest BCUT2D eigenvalue weighted by atomic mass is 14.8. The van der Waals surface area contributed by atoms with Gasteiger partial charge in [-0.2, -0.15) is 0 Å². The van der Waals surface area contributed by atoms with Crippen LogP contribution in [0.25, 0.3) is 0 Å². The fraction of sp³-hybridized carbons (Fsp3) is 1.00. The van der Waals surface area contributed by atoms with E-state index in [1.165, 1.54) is 44.9 Å². The van der Waals surface area contributed by atoms with Gasteiger partial charge < -0.3 is 11.5 Å². The highest BCUT2D eigenvalue weighted by molar-refractivity contribution is 4.91. The summed E-state index contributed by atoms with van der Waals surface area (Å²) < 4.78 is 0. The molecule has 0 radical (unpaired) electrons. The zero-order valence-electron chi connectivity index (χ0n) is 10.7. The van der Waals surface area contributed by atoms with Crippen molar-refractivity contribution in [1.29, 1.82) is 0 Å². The van der Waals surface area contributed by atoms with Crippen molar-refractivity contribution in [3.63, 3.8) is 0 Å². The van der Waals surface area contributed by atoms with Gasteiger partial charge in [0.05, 0.1) is 0 Å². The van der Waals surface area contributed by atoms with E-state index in [1.54, 1.807) is 0 Å². The second-order valence-corrected chi connectivity index (χ2v) is 6.09. The van der Waals surface area contributed by atoms with E-state index in [9.17, 15) is 0 Å². The molecule has 4 atom stereocenters. The van der Waals surface area contributed by atoms with E-state index >= 15 is 0 Å². The Labute approximate surface area is 100 Å².